The Balaban J connectivity index is 1.47. The van der Waals surface area contributed by atoms with E-state index < -0.39 is 23.6 Å². The second kappa shape index (κ2) is 13.4. The molecule has 0 spiro atoms. The minimum absolute atomic E-state index is 0.0808. The van der Waals surface area contributed by atoms with E-state index in [0.29, 0.717) is 39.3 Å². The Morgan fingerprint density at radius 3 is 2.17 bits per heavy atom. The second-order valence-corrected chi connectivity index (χ2v) is 10.8. The molecule has 0 bridgehead atoms. The van der Waals surface area contributed by atoms with Crippen LogP contribution in [0.25, 0.3) is 22.2 Å². The molecule has 0 unspecified atom stereocenters. The van der Waals surface area contributed by atoms with Crippen LogP contribution in [-0.2, 0) is 24.9 Å². The number of anilines is 2. The van der Waals surface area contributed by atoms with Crippen molar-refractivity contribution in [1.82, 2.24) is 33.9 Å². The molecule has 4 heterocycles. The number of aliphatic imine (C=N–C) groups is 1. The number of carbonyl (C=O) groups excluding carboxylic acids is 4. The quantitative estimate of drug-likeness (QED) is 0.102. The predicted octanol–water partition coefficient (Wildman–Crippen LogP) is 1.40. The van der Waals surface area contributed by atoms with Gasteiger partial charge in [-0.3, -0.25) is 44.1 Å². The molecule has 0 fully saturated rings. The average molecular weight is 652 g/mol. The summed E-state index contributed by atoms with van der Waals surface area (Å²) in [6.45, 7) is 3.84. The zero-order chi connectivity index (χ0) is 34.7. The van der Waals surface area contributed by atoms with E-state index in [0.717, 1.165) is 0 Å². The Labute approximate surface area is 273 Å². The molecule has 1 aromatic carbocycles. The molecule has 246 valence electrons. The van der Waals surface area contributed by atoms with E-state index in [-0.39, 0.29) is 41.8 Å². The number of allylic oxidation sites excluding steroid dienone is 3. The van der Waals surface area contributed by atoms with Gasteiger partial charge in [-0.05, 0) is 50.3 Å². The first-order valence-corrected chi connectivity index (χ1v) is 14.5. The van der Waals surface area contributed by atoms with E-state index in [9.17, 15) is 19.2 Å². The number of hydrogen-bond donors (Lipinski definition) is 5. The fraction of sp³-hybridized carbons (Fsp3) is 0.194. The van der Waals surface area contributed by atoms with E-state index in [4.69, 9.17) is 17.2 Å². The highest BCUT2D eigenvalue weighted by Crippen LogP contribution is 2.23. The van der Waals surface area contributed by atoms with Gasteiger partial charge >= 0.3 is 0 Å². The van der Waals surface area contributed by atoms with Crippen LogP contribution in [0.3, 0.4) is 0 Å². The van der Waals surface area contributed by atoms with Crippen LogP contribution in [0.5, 0.6) is 0 Å². The van der Waals surface area contributed by atoms with Crippen molar-refractivity contribution in [3.05, 3.63) is 83.0 Å². The molecule has 0 saturated carbocycles. The third-order valence-corrected chi connectivity index (χ3v) is 7.17. The van der Waals surface area contributed by atoms with Crippen molar-refractivity contribution >= 4 is 63.4 Å². The molecule has 0 aliphatic rings. The van der Waals surface area contributed by atoms with Crippen LogP contribution >= 0.6 is 0 Å². The lowest BCUT2D eigenvalue weighted by atomic mass is 10.2. The first-order valence-electron chi connectivity index (χ1n) is 14.5. The fourth-order valence-corrected chi connectivity index (χ4v) is 4.94. The zero-order valence-corrected chi connectivity index (χ0v) is 26.6. The molecular formula is C31H33N13O4. The van der Waals surface area contributed by atoms with Crippen LogP contribution in [-0.4, -0.2) is 70.3 Å². The molecule has 17 nitrogen and oxygen atoms in total. The molecule has 48 heavy (non-hydrogen) atoms. The molecule has 0 aliphatic carbocycles. The molecule has 4 amide bonds. The number of nitrogens with two attached hydrogens (primary N) is 3. The minimum atomic E-state index is -0.676. The second-order valence-electron chi connectivity index (χ2n) is 10.8. The normalized spacial score (nSPS) is 12.2. The van der Waals surface area contributed by atoms with Crippen molar-refractivity contribution in [2.75, 3.05) is 17.7 Å². The largest absolute Gasteiger partial charge is 0.402 e. The minimum Gasteiger partial charge on any atom is -0.402 e. The van der Waals surface area contributed by atoms with Gasteiger partial charge in [0.2, 0.25) is 23.7 Å². The predicted molar refractivity (Wildman–Crippen MR) is 179 cm³/mol. The number of benzene rings is 1. The summed E-state index contributed by atoms with van der Waals surface area (Å²) in [6, 6.07) is 7.96. The highest BCUT2D eigenvalue weighted by atomic mass is 16.2. The van der Waals surface area contributed by atoms with Gasteiger partial charge in [-0.15, -0.1) is 0 Å². The van der Waals surface area contributed by atoms with Crippen molar-refractivity contribution in [3.8, 4) is 0 Å². The number of fused-ring (bicyclic) bond motifs is 2. The van der Waals surface area contributed by atoms with Gasteiger partial charge in [-0.2, -0.15) is 5.10 Å². The summed E-state index contributed by atoms with van der Waals surface area (Å²) in [5, 5.41) is 9.81. The Hall–Kier alpha value is -6.65. The van der Waals surface area contributed by atoms with Gasteiger partial charge in [-0.1, -0.05) is 12.2 Å². The highest BCUT2D eigenvalue weighted by molar-refractivity contribution is 6.47. The van der Waals surface area contributed by atoms with E-state index in [1.54, 1.807) is 60.4 Å². The lowest BCUT2D eigenvalue weighted by Gasteiger charge is -2.09. The molecule has 4 aromatic heterocycles. The Morgan fingerprint density at radius 1 is 0.896 bits per heavy atom. The number of primary amides is 2. The number of carbonyl (C=O) groups is 4. The Bertz CT molecular complexity index is 2200. The van der Waals surface area contributed by atoms with Gasteiger partial charge in [0.15, 0.2) is 5.65 Å². The number of rotatable bonds is 11. The van der Waals surface area contributed by atoms with Crippen LogP contribution in [0.4, 0.5) is 11.9 Å². The fourth-order valence-electron chi connectivity index (χ4n) is 4.94. The Kier molecular flexibility index (Phi) is 9.12. The maximum atomic E-state index is 13.2. The summed E-state index contributed by atoms with van der Waals surface area (Å²) in [5.41, 5.74) is 20.4. The number of nitrogens with zero attached hydrogens (tertiary/aromatic N) is 8. The highest BCUT2D eigenvalue weighted by Gasteiger charge is 2.19. The molecular weight excluding hydrogens is 618 g/mol. The summed E-state index contributed by atoms with van der Waals surface area (Å²) in [4.78, 5) is 67.2. The van der Waals surface area contributed by atoms with Crippen LogP contribution < -0.4 is 27.8 Å². The third-order valence-electron chi connectivity index (χ3n) is 7.17. The number of aromatic nitrogens is 7. The van der Waals surface area contributed by atoms with Crippen molar-refractivity contribution in [3.63, 3.8) is 0 Å². The number of imidazole rings is 2. The van der Waals surface area contributed by atoms with Gasteiger partial charge in [0, 0.05) is 44.6 Å². The van der Waals surface area contributed by atoms with Gasteiger partial charge in [0.1, 0.15) is 16.9 Å². The molecule has 8 N–H and O–H groups in total. The van der Waals surface area contributed by atoms with E-state index in [1.165, 1.54) is 30.1 Å². The van der Waals surface area contributed by atoms with E-state index in [2.05, 4.69) is 35.7 Å². The third kappa shape index (κ3) is 6.79. The van der Waals surface area contributed by atoms with E-state index in [1.807, 2.05) is 6.08 Å². The lowest BCUT2D eigenvalue weighted by Crippen LogP contribution is -2.24. The number of aryl methyl sites for hydroxylation is 2. The molecule has 5 aromatic rings. The van der Waals surface area contributed by atoms with Crippen molar-refractivity contribution in [2.45, 2.75) is 26.9 Å². The summed E-state index contributed by atoms with van der Waals surface area (Å²) < 4.78 is 4.87. The van der Waals surface area contributed by atoms with Gasteiger partial charge in [0.05, 0.1) is 22.3 Å². The maximum Gasteiger partial charge on any atom is 0.276 e. The first-order chi connectivity index (χ1) is 22.9. The summed E-state index contributed by atoms with van der Waals surface area (Å²) in [6.07, 6.45) is 6.38. The molecule has 0 saturated heterocycles. The number of pyridine rings is 1. The molecule has 0 radical (unpaired) electrons. The van der Waals surface area contributed by atoms with Crippen molar-refractivity contribution < 1.29 is 19.2 Å². The van der Waals surface area contributed by atoms with Gasteiger partial charge in [-0.25, -0.2) is 15.0 Å². The molecule has 17 heteroatoms. The lowest BCUT2D eigenvalue weighted by molar-refractivity contribution is -0.110. The van der Waals surface area contributed by atoms with Crippen LogP contribution in [0.1, 0.15) is 43.8 Å². The number of nitrogens with one attached hydrogen (secondary N) is 2. The van der Waals surface area contributed by atoms with Crippen LogP contribution in [0, 0.1) is 6.92 Å². The Morgan fingerprint density at radius 2 is 1.54 bits per heavy atom. The monoisotopic (exact) mass is 651 g/mol. The van der Waals surface area contributed by atoms with Crippen molar-refractivity contribution in [2.24, 2.45) is 29.2 Å². The number of hydrogen-bond acceptors (Lipinski definition) is 10. The maximum absolute atomic E-state index is 13.2. The average Bonchev–Trinajstić information content (AvgIpc) is 3.68. The van der Waals surface area contributed by atoms with Gasteiger partial charge < -0.3 is 21.8 Å². The summed E-state index contributed by atoms with van der Waals surface area (Å²) in [5.74, 6) is -1.88. The summed E-state index contributed by atoms with van der Waals surface area (Å²) >= 11 is 0. The standard InChI is InChI=1S/C31H33N13O4/c1-16(32)11-22(35-3)28(47)39-31-38-21-14-19(26(34)46)15-36-27(21)44(31)10-6-5-9-43-23-8-7-18(25(33)45)13-20(23)37-30(43)40-29(48)24-12-17(2)41-42(24)4/h5-8,11-15H,9-10,32H2,1-4H3,(H2,33,45)(H2,34,46)(H,37,40,48)(H,38,39,47)/b6-5+,16-11-,35-22?. The molecule has 0 atom stereocenters. The molecule has 5 rings (SSSR count). The topological polar surface area (TPSA) is 249 Å². The van der Waals surface area contributed by atoms with Crippen LogP contribution in [0.15, 0.2) is 65.4 Å². The van der Waals surface area contributed by atoms with Crippen molar-refractivity contribution in [1.29, 1.82) is 0 Å². The molecule has 0 aliphatic heterocycles. The zero-order valence-electron chi connectivity index (χ0n) is 26.6. The van der Waals surface area contributed by atoms with Gasteiger partial charge in [0.25, 0.3) is 11.8 Å². The van der Waals surface area contributed by atoms with E-state index >= 15 is 0 Å². The van der Waals surface area contributed by atoms with Crippen LogP contribution in [0.2, 0.25) is 0 Å². The summed E-state index contributed by atoms with van der Waals surface area (Å²) in [7, 11) is 3.13. The smallest absolute Gasteiger partial charge is 0.276 e. The SMILES string of the molecule is CN=C(/C=C(/C)N)C(=O)Nc1nc2cc(C(N)=O)cnc2n1C/C=C/Cn1c(NC(=O)c2cc(C)nn2C)nc2cc(C(N)=O)ccc21. The first kappa shape index (κ1) is 32.7. The number of amides is 4.